The number of aromatic nitrogens is 1. The van der Waals surface area contributed by atoms with Crippen LogP contribution in [0.3, 0.4) is 0 Å². The van der Waals surface area contributed by atoms with E-state index in [1.165, 1.54) is 37.9 Å². The summed E-state index contributed by atoms with van der Waals surface area (Å²) < 4.78 is 13.6. The Morgan fingerprint density at radius 3 is 3.04 bits per heavy atom. The van der Waals surface area contributed by atoms with E-state index < -0.39 is 0 Å². The fraction of sp³-hybridized carbons (Fsp3) is 0.526. The zero-order chi connectivity index (χ0) is 16.3. The van der Waals surface area contributed by atoms with Crippen LogP contribution in [0.1, 0.15) is 29.6 Å². The third kappa shape index (κ3) is 2.10. The molecule has 3 atom stereocenters. The van der Waals surface area contributed by atoms with Gasteiger partial charge in [-0.3, -0.25) is 9.69 Å². The molecule has 1 N–H and O–H groups in total. The summed E-state index contributed by atoms with van der Waals surface area (Å²) in [4.78, 5) is 20.7. The molecule has 0 spiro atoms. The normalized spacial score (nSPS) is 29.9. The molecule has 3 saturated heterocycles. The highest BCUT2D eigenvalue weighted by Crippen LogP contribution is 2.40. The lowest BCUT2D eigenvalue weighted by atomic mass is 9.90. The largest absolute Gasteiger partial charge is 0.360 e. The Kier molecular flexibility index (Phi) is 3.20. The van der Waals surface area contributed by atoms with Crippen molar-refractivity contribution in [2.45, 2.75) is 25.3 Å². The molecular formula is C19H22FN3O. The maximum Gasteiger partial charge on any atom is 0.256 e. The van der Waals surface area contributed by atoms with Crippen molar-refractivity contribution in [3.63, 3.8) is 0 Å². The molecule has 5 rings (SSSR count). The first-order valence-electron chi connectivity index (χ1n) is 9.00. The summed E-state index contributed by atoms with van der Waals surface area (Å²) in [5, 5.41) is 0.691. The number of nitrogens with one attached hydrogen (secondary N) is 1. The van der Waals surface area contributed by atoms with Gasteiger partial charge in [-0.2, -0.15) is 0 Å². The molecule has 5 heteroatoms. The van der Waals surface area contributed by atoms with Crippen LogP contribution >= 0.6 is 0 Å². The van der Waals surface area contributed by atoms with Crippen molar-refractivity contribution >= 4 is 16.8 Å². The average Bonchev–Trinajstić information content (AvgIpc) is 3.25. The van der Waals surface area contributed by atoms with Gasteiger partial charge < -0.3 is 9.88 Å². The van der Waals surface area contributed by atoms with Gasteiger partial charge in [0, 0.05) is 42.8 Å². The van der Waals surface area contributed by atoms with Crippen LogP contribution in [-0.4, -0.2) is 52.9 Å². The number of halogens is 1. The van der Waals surface area contributed by atoms with Crippen molar-refractivity contribution in [1.29, 1.82) is 0 Å². The van der Waals surface area contributed by atoms with E-state index in [0.717, 1.165) is 25.2 Å². The molecule has 2 aromatic rings. The second-order valence-corrected chi connectivity index (χ2v) is 7.58. The van der Waals surface area contributed by atoms with Gasteiger partial charge in [0.05, 0.1) is 5.56 Å². The maximum atomic E-state index is 13.6. The smallest absolute Gasteiger partial charge is 0.256 e. The molecule has 0 aliphatic carbocycles. The number of aromatic amines is 1. The Hall–Kier alpha value is -1.88. The van der Waals surface area contributed by atoms with Crippen LogP contribution in [0.4, 0.5) is 4.39 Å². The number of nitrogens with zero attached hydrogens (tertiary/aromatic N) is 2. The van der Waals surface area contributed by atoms with Crippen molar-refractivity contribution in [3.05, 3.63) is 35.8 Å². The molecule has 1 amide bonds. The number of piperidine rings is 1. The van der Waals surface area contributed by atoms with Crippen molar-refractivity contribution < 1.29 is 9.18 Å². The van der Waals surface area contributed by atoms with Gasteiger partial charge in [0.25, 0.3) is 5.91 Å². The van der Waals surface area contributed by atoms with Crippen LogP contribution in [0.5, 0.6) is 0 Å². The Morgan fingerprint density at radius 2 is 2.12 bits per heavy atom. The molecule has 3 fully saturated rings. The summed E-state index contributed by atoms with van der Waals surface area (Å²) in [5.41, 5.74) is 1.42. The van der Waals surface area contributed by atoms with Crippen LogP contribution in [0, 0.1) is 17.7 Å². The Labute approximate surface area is 140 Å². The monoisotopic (exact) mass is 327 g/mol. The minimum atomic E-state index is -0.299. The van der Waals surface area contributed by atoms with Gasteiger partial charge in [-0.1, -0.05) is 6.42 Å². The number of benzene rings is 1. The van der Waals surface area contributed by atoms with E-state index >= 15 is 0 Å². The molecule has 0 bridgehead atoms. The van der Waals surface area contributed by atoms with Gasteiger partial charge in [0.2, 0.25) is 0 Å². The predicted molar refractivity (Wildman–Crippen MR) is 90.4 cm³/mol. The lowest BCUT2D eigenvalue weighted by Crippen LogP contribution is -2.40. The minimum Gasteiger partial charge on any atom is -0.360 e. The number of amides is 1. The molecule has 4 heterocycles. The highest BCUT2D eigenvalue weighted by atomic mass is 19.1. The Bertz CT molecular complexity index is 801. The number of likely N-dealkylation sites (tertiary alicyclic amines) is 1. The summed E-state index contributed by atoms with van der Waals surface area (Å²) in [6, 6.07) is 5.24. The number of rotatable bonds is 1. The van der Waals surface area contributed by atoms with Crippen molar-refractivity contribution in [1.82, 2.24) is 14.8 Å². The first kappa shape index (κ1) is 14.5. The van der Waals surface area contributed by atoms with E-state index in [-0.39, 0.29) is 11.7 Å². The third-order valence-electron chi connectivity index (χ3n) is 6.28. The molecule has 1 aromatic heterocycles. The molecule has 126 valence electrons. The molecule has 0 saturated carbocycles. The SMILES string of the molecule is O=C(c1c[nH]c2ccc(F)cc12)N1C[C@@H]2CN3CCCC[C@@H]3[C@H]2C1. The highest BCUT2D eigenvalue weighted by molar-refractivity contribution is 6.06. The number of carbonyl (C=O) groups is 1. The first-order valence-corrected chi connectivity index (χ1v) is 9.00. The standard InChI is InChI=1S/C19H22FN3O/c20-13-4-5-17-14(7-13)15(8-21-17)19(24)23-10-12-9-22-6-2-1-3-18(22)16(12)11-23/h4-5,7-8,12,16,18,21H,1-3,6,9-11H2/t12-,16-,18+/m0/s1. The summed E-state index contributed by atoms with van der Waals surface area (Å²) in [7, 11) is 0. The van der Waals surface area contributed by atoms with Crippen molar-refractivity contribution in [3.8, 4) is 0 Å². The number of hydrogen-bond acceptors (Lipinski definition) is 2. The topological polar surface area (TPSA) is 39.3 Å². The quantitative estimate of drug-likeness (QED) is 0.875. The second kappa shape index (κ2) is 5.31. The molecule has 0 unspecified atom stereocenters. The summed E-state index contributed by atoms with van der Waals surface area (Å²) in [6.07, 6.45) is 5.65. The van der Waals surface area contributed by atoms with Crippen LogP contribution in [0.15, 0.2) is 24.4 Å². The van der Waals surface area contributed by atoms with Crippen LogP contribution in [0.25, 0.3) is 10.9 Å². The summed E-state index contributed by atoms with van der Waals surface area (Å²) in [6.45, 7) is 4.07. The second-order valence-electron chi connectivity index (χ2n) is 7.58. The average molecular weight is 327 g/mol. The van der Waals surface area contributed by atoms with Gasteiger partial charge in [-0.05, 0) is 49.4 Å². The lowest BCUT2D eigenvalue weighted by molar-refractivity contribution is 0.0755. The van der Waals surface area contributed by atoms with E-state index in [1.54, 1.807) is 12.3 Å². The zero-order valence-corrected chi connectivity index (χ0v) is 13.7. The van der Waals surface area contributed by atoms with Crippen molar-refractivity contribution in [2.75, 3.05) is 26.2 Å². The third-order valence-corrected chi connectivity index (χ3v) is 6.28. The van der Waals surface area contributed by atoms with E-state index in [4.69, 9.17) is 0 Å². The van der Waals surface area contributed by atoms with Gasteiger partial charge in [-0.15, -0.1) is 0 Å². The van der Waals surface area contributed by atoms with Crippen molar-refractivity contribution in [2.24, 2.45) is 11.8 Å². The summed E-state index contributed by atoms with van der Waals surface area (Å²) in [5.74, 6) is 0.978. The molecular weight excluding hydrogens is 305 g/mol. The van der Waals surface area contributed by atoms with E-state index in [9.17, 15) is 9.18 Å². The number of carbonyl (C=O) groups excluding carboxylic acids is 1. The Morgan fingerprint density at radius 1 is 1.21 bits per heavy atom. The van der Waals surface area contributed by atoms with Crippen LogP contribution in [0.2, 0.25) is 0 Å². The van der Waals surface area contributed by atoms with Crippen LogP contribution in [-0.2, 0) is 0 Å². The fourth-order valence-electron chi connectivity index (χ4n) is 5.16. The predicted octanol–water partition coefficient (Wildman–Crippen LogP) is 2.86. The minimum absolute atomic E-state index is 0.0450. The number of hydrogen-bond donors (Lipinski definition) is 1. The molecule has 24 heavy (non-hydrogen) atoms. The molecule has 3 aliphatic heterocycles. The van der Waals surface area contributed by atoms with Gasteiger partial charge >= 0.3 is 0 Å². The number of H-pyrrole nitrogens is 1. The molecule has 3 aliphatic rings. The zero-order valence-electron chi connectivity index (χ0n) is 13.7. The van der Waals surface area contributed by atoms with E-state index in [1.807, 2.05) is 4.90 Å². The molecule has 1 aromatic carbocycles. The lowest BCUT2D eigenvalue weighted by Gasteiger charge is -2.33. The van der Waals surface area contributed by atoms with Gasteiger partial charge in [0.1, 0.15) is 5.82 Å². The first-order chi connectivity index (χ1) is 11.7. The van der Waals surface area contributed by atoms with E-state index in [2.05, 4.69) is 9.88 Å². The molecule has 0 radical (unpaired) electrons. The fourth-order valence-corrected chi connectivity index (χ4v) is 5.16. The van der Waals surface area contributed by atoms with E-state index in [0.29, 0.717) is 28.8 Å². The maximum absolute atomic E-state index is 13.6. The van der Waals surface area contributed by atoms with Gasteiger partial charge in [-0.25, -0.2) is 4.39 Å². The highest BCUT2D eigenvalue weighted by Gasteiger charge is 2.48. The van der Waals surface area contributed by atoms with Crippen LogP contribution < -0.4 is 0 Å². The Balaban J connectivity index is 1.40. The summed E-state index contributed by atoms with van der Waals surface area (Å²) >= 11 is 0. The molecule has 4 nitrogen and oxygen atoms in total. The number of fused-ring (bicyclic) bond motifs is 4. The van der Waals surface area contributed by atoms with Gasteiger partial charge in [0.15, 0.2) is 0 Å².